The fraction of sp³-hybridized carbons (Fsp3) is 1.00. The van der Waals surface area contributed by atoms with Gasteiger partial charge in [0.25, 0.3) is 0 Å². The number of rotatable bonds is 8. The summed E-state index contributed by atoms with van der Waals surface area (Å²) in [4.78, 5) is 0. The zero-order valence-electron chi connectivity index (χ0n) is 12.2. The van der Waals surface area contributed by atoms with Gasteiger partial charge in [-0.1, -0.05) is 26.7 Å². The van der Waals surface area contributed by atoms with Crippen molar-refractivity contribution in [3.05, 3.63) is 0 Å². The Morgan fingerprint density at radius 1 is 0.875 bits per heavy atom. The average Bonchev–Trinajstić information content (AvgIpc) is 1.98. The highest BCUT2D eigenvalue weighted by Crippen LogP contribution is 2.19. The van der Waals surface area contributed by atoms with Crippen LogP contribution in [0.25, 0.3) is 0 Å². The van der Waals surface area contributed by atoms with E-state index < -0.39 is 25.9 Å². The maximum atomic E-state index is 6.39. The lowest BCUT2D eigenvalue weighted by molar-refractivity contribution is 0.398. The zero-order chi connectivity index (χ0) is 12.8. The van der Waals surface area contributed by atoms with Crippen LogP contribution in [0.5, 0.6) is 0 Å². The van der Waals surface area contributed by atoms with Crippen LogP contribution in [0.2, 0.25) is 44.8 Å². The molecule has 0 rings (SSSR count). The van der Waals surface area contributed by atoms with E-state index in [1.807, 2.05) is 0 Å². The van der Waals surface area contributed by atoms with Gasteiger partial charge in [0.2, 0.25) is 0 Å². The van der Waals surface area contributed by atoms with Gasteiger partial charge < -0.3 is 8.23 Å². The lowest BCUT2D eigenvalue weighted by Gasteiger charge is -2.34. The van der Waals surface area contributed by atoms with Crippen molar-refractivity contribution in [3.63, 3.8) is 0 Å². The third kappa shape index (κ3) is 8.69. The van der Waals surface area contributed by atoms with Crippen molar-refractivity contribution < 1.29 is 8.23 Å². The van der Waals surface area contributed by atoms with Gasteiger partial charge in [-0.3, -0.25) is 0 Å². The third-order valence-electron chi connectivity index (χ3n) is 2.22. The van der Waals surface area contributed by atoms with Crippen LogP contribution in [0.1, 0.15) is 26.7 Å². The normalized spacial score (nSPS) is 13.5. The number of hydrogen-bond acceptors (Lipinski definition) is 2. The molecular weight excluding hydrogens is 248 g/mol. The van der Waals surface area contributed by atoms with Gasteiger partial charge in [-0.25, -0.2) is 0 Å². The molecule has 16 heavy (non-hydrogen) atoms. The second kappa shape index (κ2) is 7.10. The van der Waals surface area contributed by atoms with E-state index in [2.05, 4.69) is 46.6 Å². The Labute approximate surface area is 106 Å². The Morgan fingerprint density at radius 3 is 1.62 bits per heavy atom. The molecule has 0 aliphatic rings. The van der Waals surface area contributed by atoms with Gasteiger partial charge in [0.1, 0.15) is 0 Å². The Morgan fingerprint density at radius 2 is 1.31 bits per heavy atom. The smallest absolute Gasteiger partial charge is 0.310 e. The number of hydrogen-bond donors (Lipinski definition) is 0. The minimum absolute atomic E-state index is 0.989. The second-order valence-electron chi connectivity index (χ2n) is 5.93. The predicted molar refractivity (Wildman–Crippen MR) is 80.3 cm³/mol. The van der Waals surface area contributed by atoms with E-state index in [-0.39, 0.29) is 0 Å². The van der Waals surface area contributed by atoms with E-state index in [9.17, 15) is 0 Å². The van der Waals surface area contributed by atoms with E-state index >= 15 is 0 Å². The molecule has 0 spiro atoms. The molecule has 0 saturated heterocycles. The van der Waals surface area contributed by atoms with Gasteiger partial charge in [0.15, 0.2) is 17.4 Å². The molecular formula is C11H30O2Si3. The SMILES string of the molecule is CCC[SiH](CCC)O[Si](C)(C)O[Si](C)(C)C. The van der Waals surface area contributed by atoms with Crippen LogP contribution in [-0.2, 0) is 8.23 Å². The summed E-state index contributed by atoms with van der Waals surface area (Å²) in [6.45, 7) is 15.7. The van der Waals surface area contributed by atoms with Gasteiger partial charge in [0.05, 0.1) is 0 Å². The molecule has 0 fully saturated rings. The summed E-state index contributed by atoms with van der Waals surface area (Å²) in [6.07, 6.45) is 2.52. The van der Waals surface area contributed by atoms with Crippen molar-refractivity contribution in [2.24, 2.45) is 0 Å². The van der Waals surface area contributed by atoms with E-state index in [1.54, 1.807) is 0 Å². The molecule has 0 aliphatic carbocycles. The van der Waals surface area contributed by atoms with Crippen LogP contribution in [0.4, 0.5) is 0 Å². The Balaban J connectivity index is 4.28. The molecule has 0 saturated carbocycles. The largest absolute Gasteiger partial charge is 0.439 e. The Hall–Kier alpha value is 0.571. The quantitative estimate of drug-likeness (QED) is 0.622. The molecule has 0 bridgehead atoms. The molecule has 5 heteroatoms. The fourth-order valence-corrected chi connectivity index (χ4v) is 14.3. The van der Waals surface area contributed by atoms with E-state index in [0.29, 0.717) is 0 Å². The monoisotopic (exact) mass is 278 g/mol. The first-order chi connectivity index (χ1) is 7.20. The highest BCUT2D eigenvalue weighted by Gasteiger charge is 2.33. The molecule has 0 amide bonds. The van der Waals surface area contributed by atoms with Crippen molar-refractivity contribution in [3.8, 4) is 0 Å². The van der Waals surface area contributed by atoms with Gasteiger partial charge in [-0.05, 0) is 44.8 Å². The average molecular weight is 279 g/mol. The topological polar surface area (TPSA) is 18.5 Å². The fourth-order valence-electron chi connectivity index (χ4n) is 2.07. The second-order valence-corrected chi connectivity index (χ2v) is 17.1. The first-order valence-electron chi connectivity index (χ1n) is 6.58. The zero-order valence-corrected chi connectivity index (χ0v) is 15.4. The molecule has 0 aromatic carbocycles. The van der Waals surface area contributed by atoms with Crippen LogP contribution in [0.3, 0.4) is 0 Å². The highest BCUT2D eigenvalue weighted by molar-refractivity contribution is 6.84. The summed E-state index contributed by atoms with van der Waals surface area (Å²) in [5.74, 6) is 0. The van der Waals surface area contributed by atoms with E-state index in [4.69, 9.17) is 8.23 Å². The van der Waals surface area contributed by atoms with Crippen molar-refractivity contribution in [1.29, 1.82) is 0 Å². The molecule has 0 aromatic heterocycles. The van der Waals surface area contributed by atoms with E-state index in [1.165, 1.54) is 24.9 Å². The highest BCUT2D eigenvalue weighted by atomic mass is 28.5. The summed E-state index contributed by atoms with van der Waals surface area (Å²) >= 11 is 0. The molecule has 0 aliphatic heterocycles. The lowest BCUT2D eigenvalue weighted by atomic mass is 10.6. The van der Waals surface area contributed by atoms with E-state index in [0.717, 1.165) is 0 Å². The van der Waals surface area contributed by atoms with Crippen LogP contribution < -0.4 is 0 Å². The molecule has 0 N–H and O–H groups in total. The Kier molecular flexibility index (Phi) is 7.36. The predicted octanol–water partition coefficient (Wildman–Crippen LogP) is 4.10. The van der Waals surface area contributed by atoms with Crippen molar-refractivity contribution >= 4 is 25.9 Å². The summed E-state index contributed by atoms with van der Waals surface area (Å²) in [5.41, 5.74) is 0. The Bertz CT molecular complexity index is 184. The van der Waals surface area contributed by atoms with Crippen molar-refractivity contribution in [1.82, 2.24) is 0 Å². The molecule has 98 valence electrons. The standard InChI is InChI=1S/C11H30O2Si3/c1-8-10-14(11-9-2)12-16(6,7)13-15(3,4)5/h14H,8-11H2,1-7H3. The van der Waals surface area contributed by atoms with Gasteiger partial charge >= 0.3 is 8.56 Å². The van der Waals surface area contributed by atoms with Crippen LogP contribution in [0, 0.1) is 0 Å². The molecule has 2 nitrogen and oxygen atoms in total. The van der Waals surface area contributed by atoms with Crippen LogP contribution in [-0.4, -0.2) is 25.9 Å². The third-order valence-corrected chi connectivity index (χ3v) is 12.7. The summed E-state index contributed by atoms with van der Waals surface area (Å²) in [7, 11) is -4.29. The summed E-state index contributed by atoms with van der Waals surface area (Å²) < 4.78 is 12.6. The molecule has 0 heterocycles. The minimum Gasteiger partial charge on any atom is -0.439 e. The molecule has 0 radical (unpaired) electrons. The maximum Gasteiger partial charge on any atom is 0.310 e. The first-order valence-corrected chi connectivity index (χ1v) is 14.9. The summed E-state index contributed by atoms with van der Waals surface area (Å²) in [6, 6.07) is 2.61. The summed E-state index contributed by atoms with van der Waals surface area (Å²) in [5, 5.41) is 0. The minimum atomic E-state index is -1.85. The van der Waals surface area contributed by atoms with Gasteiger partial charge in [-0.15, -0.1) is 0 Å². The van der Waals surface area contributed by atoms with Crippen molar-refractivity contribution in [2.75, 3.05) is 0 Å². The molecule has 0 atom stereocenters. The van der Waals surface area contributed by atoms with Crippen LogP contribution in [0.15, 0.2) is 0 Å². The lowest BCUT2D eigenvalue weighted by Crippen LogP contribution is -2.48. The molecule has 0 aromatic rings. The van der Waals surface area contributed by atoms with Crippen LogP contribution >= 0.6 is 0 Å². The van der Waals surface area contributed by atoms with Gasteiger partial charge in [-0.2, -0.15) is 0 Å². The van der Waals surface area contributed by atoms with Gasteiger partial charge in [0, 0.05) is 0 Å². The maximum absolute atomic E-state index is 6.39. The first kappa shape index (κ1) is 16.6. The van der Waals surface area contributed by atoms with Crippen molar-refractivity contribution in [2.45, 2.75) is 71.5 Å². The molecule has 0 unspecified atom stereocenters.